The van der Waals surface area contributed by atoms with Crippen LogP contribution in [0.5, 0.6) is 0 Å². The fourth-order valence-corrected chi connectivity index (χ4v) is 1.30. The van der Waals surface area contributed by atoms with Gasteiger partial charge in [-0.1, -0.05) is 6.92 Å². The highest BCUT2D eigenvalue weighted by atomic mass is 19.1. The van der Waals surface area contributed by atoms with Gasteiger partial charge in [0.2, 0.25) is 0 Å². The average molecular weight is 242 g/mol. The Hall–Kier alpha value is -2.18. The molecule has 1 aromatic rings. The van der Waals surface area contributed by atoms with Gasteiger partial charge in [-0.2, -0.15) is 0 Å². The number of nitrogens with zero attached hydrogens (tertiary/aromatic N) is 1. The normalized spacial score (nSPS) is 11.9. The average Bonchev–Trinajstić information content (AvgIpc) is 2.26. The minimum atomic E-state index is -1.12. The molecule has 6 nitrogen and oxygen atoms in total. The Kier molecular flexibility index (Phi) is 3.97. The Morgan fingerprint density at radius 2 is 2.29 bits per heavy atom. The van der Waals surface area contributed by atoms with Crippen molar-refractivity contribution in [2.75, 3.05) is 5.32 Å². The first-order valence-electron chi connectivity index (χ1n) is 4.89. The summed E-state index contributed by atoms with van der Waals surface area (Å²) in [5.41, 5.74) is -0.490. The molecule has 0 saturated carbocycles. The van der Waals surface area contributed by atoms with Crippen molar-refractivity contribution >= 4 is 17.3 Å². The van der Waals surface area contributed by atoms with E-state index in [2.05, 4.69) is 5.32 Å². The van der Waals surface area contributed by atoms with E-state index in [4.69, 9.17) is 5.11 Å². The standard InChI is InChI=1S/C10H11FN2O4/c1-2-7(10(14)15)12-8-4-3-6(11)5-9(8)13(16)17/h3-5,7,12H,2H2,1H3,(H,14,15)/t7-/m0/s1. The second kappa shape index (κ2) is 5.24. The number of hydrogen-bond donors (Lipinski definition) is 2. The molecular weight excluding hydrogens is 231 g/mol. The SMILES string of the molecule is CC[C@H](Nc1ccc(F)cc1[N+](=O)[O-])C(=O)O. The number of nitrogens with one attached hydrogen (secondary N) is 1. The molecule has 1 aromatic carbocycles. The summed E-state index contributed by atoms with van der Waals surface area (Å²) < 4.78 is 12.8. The van der Waals surface area contributed by atoms with Crippen molar-refractivity contribution in [2.24, 2.45) is 0 Å². The minimum Gasteiger partial charge on any atom is -0.480 e. The van der Waals surface area contributed by atoms with Crippen LogP contribution in [0.15, 0.2) is 18.2 Å². The number of halogens is 1. The van der Waals surface area contributed by atoms with E-state index in [9.17, 15) is 19.3 Å². The van der Waals surface area contributed by atoms with Crippen LogP contribution in [0.3, 0.4) is 0 Å². The van der Waals surface area contributed by atoms with Gasteiger partial charge >= 0.3 is 5.97 Å². The van der Waals surface area contributed by atoms with Gasteiger partial charge in [0.05, 0.1) is 11.0 Å². The molecule has 0 fully saturated rings. The van der Waals surface area contributed by atoms with Crippen LogP contribution in [0, 0.1) is 15.9 Å². The van der Waals surface area contributed by atoms with Crippen LogP contribution in [0.4, 0.5) is 15.8 Å². The second-order valence-corrected chi connectivity index (χ2v) is 3.36. The topological polar surface area (TPSA) is 92.5 Å². The summed E-state index contributed by atoms with van der Waals surface area (Å²) in [7, 11) is 0. The zero-order valence-corrected chi connectivity index (χ0v) is 9.01. The lowest BCUT2D eigenvalue weighted by Gasteiger charge is -2.13. The van der Waals surface area contributed by atoms with Crippen molar-refractivity contribution in [3.05, 3.63) is 34.1 Å². The lowest BCUT2D eigenvalue weighted by molar-refractivity contribution is -0.384. The smallest absolute Gasteiger partial charge is 0.326 e. The molecule has 0 unspecified atom stereocenters. The van der Waals surface area contributed by atoms with Crippen molar-refractivity contribution in [3.8, 4) is 0 Å². The van der Waals surface area contributed by atoms with Crippen molar-refractivity contribution < 1.29 is 19.2 Å². The largest absolute Gasteiger partial charge is 0.480 e. The summed E-state index contributed by atoms with van der Waals surface area (Å²) in [4.78, 5) is 20.7. The van der Waals surface area contributed by atoms with E-state index in [0.29, 0.717) is 0 Å². The van der Waals surface area contributed by atoms with Crippen LogP contribution < -0.4 is 5.32 Å². The fraction of sp³-hybridized carbons (Fsp3) is 0.300. The number of carbonyl (C=O) groups is 1. The summed E-state index contributed by atoms with van der Waals surface area (Å²) >= 11 is 0. The Balaban J connectivity index is 3.05. The van der Waals surface area contributed by atoms with E-state index in [-0.39, 0.29) is 12.1 Å². The number of carboxylic acids is 1. The monoisotopic (exact) mass is 242 g/mol. The first kappa shape index (κ1) is 12.9. The third kappa shape index (κ3) is 3.13. The van der Waals surface area contributed by atoms with Crippen molar-refractivity contribution in [1.82, 2.24) is 0 Å². The number of rotatable bonds is 5. The van der Waals surface area contributed by atoms with Crippen LogP contribution in [-0.4, -0.2) is 22.0 Å². The summed E-state index contributed by atoms with van der Waals surface area (Å²) in [5, 5.41) is 22.0. The number of hydrogen-bond acceptors (Lipinski definition) is 4. The molecule has 92 valence electrons. The van der Waals surface area contributed by atoms with Crippen molar-refractivity contribution in [2.45, 2.75) is 19.4 Å². The maximum absolute atomic E-state index is 12.8. The number of nitro benzene ring substituents is 1. The molecule has 0 amide bonds. The molecule has 0 aliphatic rings. The van der Waals surface area contributed by atoms with Crippen LogP contribution in [0.25, 0.3) is 0 Å². The van der Waals surface area contributed by atoms with Gasteiger partial charge in [-0.3, -0.25) is 10.1 Å². The summed E-state index contributed by atoms with van der Waals surface area (Å²) in [5.74, 6) is -1.86. The molecule has 0 aromatic heterocycles. The molecule has 0 aliphatic heterocycles. The Morgan fingerprint density at radius 3 is 2.76 bits per heavy atom. The zero-order valence-electron chi connectivity index (χ0n) is 9.01. The van der Waals surface area contributed by atoms with Crippen LogP contribution in [0.1, 0.15) is 13.3 Å². The van der Waals surface area contributed by atoms with Crippen LogP contribution in [0.2, 0.25) is 0 Å². The van der Waals surface area contributed by atoms with E-state index in [1.54, 1.807) is 6.92 Å². The van der Waals surface area contributed by atoms with Crippen LogP contribution >= 0.6 is 0 Å². The molecule has 1 atom stereocenters. The van der Waals surface area contributed by atoms with E-state index in [0.717, 1.165) is 18.2 Å². The minimum absolute atomic E-state index is 0.00866. The highest BCUT2D eigenvalue weighted by Crippen LogP contribution is 2.25. The number of benzene rings is 1. The van der Waals surface area contributed by atoms with E-state index < -0.39 is 28.4 Å². The molecule has 0 bridgehead atoms. The molecule has 0 aliphatic carbocycles. The highest BCUT2D eigenvalue weighted by molar-refractivity contribution is 5.78. The second-order valence-electron chi connectivity index (χ2n) is 3.36. The molecular formula is C10H11FN2O4. The Bertz CT molecular complexity index is 450. The number of aliphatic carboxylic acids is 1. The molecule has 7 heteroatoms. The van der Waals surface area contributed by atoms with Gasteiger partial charge in [0.1, 0.15) is 17.5 Å². The summed E-state index contributed by atoms with van der Waals surface area (Å²) in [6.45, 7) is 1.63. The van der Waals surface area contributed by atoms with Gasteiger partial charge in [0.15, 0.2) is 0 Å². The molecule has 1 rings (SSSR count). The predicted octanol–water partition coefficient (Wildman–Crippen LogP) is 2.01. The van der Waals surface area contributed by atoms with E-state index in [1.165, 1.54) is 0 Å². The predicted molar refractivity (Wildman–Crippen MR) is 58.4 cm³/mol. The maximum Gasteiger partial charge on any atom is 0.326 e. The van der Waals surface area contributed by atoms with E-state index >= 15 is 0 Å². The summed E-state index contributed by atoms with van der Waals surface area (Å²) in [6.07, 6.45) is 0.254. The zero-order chi connectivity index (χ0) is 13.0. The van der Waals surface area contributed by atoms with E-state index in [1.807, 2.05) is 0 Å². The molecule has 2 N–H and O–H groups in total. The number of anilines is 1. The van der Waals surface area contributed by atoms with Crippen molar-refractivity contribution in [1.29, 1.82) is 0 Å². The number of nitro groups is 1. The molecule has 17 heavy (non-hydrogen) atoms. The quantitative estimate of drug-likeness (QED) is 0.608. The van der Waals surface area contributed by atoms with Gasteiger partial charge in [-0.25, -0.2) is 9.18 Å². The van der Waals surface area contributed by atoms with Gasteiger partial charge in [0, 0.05) is 0 Å². The third-order valence-electron chi connectivity index (χ3n) is 2.19. The van der Waals surface area contributed by atoms with Crippen LogP contribution in [-0.2, 0) is 4.79 Å². The lowest BCUT2D eigenvalue weighted by Crippen LogP contribution is -2.28. The first-order valence-corrected chi connectivity index (χ1v) is 4.89. The summed E-state index contributed by atoms with van der Waals surface area (Å²) in [6, 6.07) is 1.99. The third-order valence-corrected chi connectivity index (χ3v) is 2.19. The maximum atomic E-state index is 12.8. The van der Waals surface area contributed by atoms with Gasteiger partial charge < -0.3 is 10.4 Å². The van der Waals surface area contributed by atoms with Gasteiger partial charge in [0.25, 0.3) is 5.69 Å². The van der Waals surface area contributed by atoms with Crippen molar-refractivity contribution in [3.63, 3.8) is 0 Å². The highest BCUT2D eigenvalue weighted by Gasteiger charge is 2.20. The van der Waals surface area contributed by atoms with Gasteiger partial charge in [-0.05, 0) is 18.6 Å². The number of carboxylic acid groups (broad SMARTS) is 1. The molecule has 0 radical (unpaired) electrons. The molecule has 0 spiro atoms. The molecule has 0 heterocycles. The Labute approximate surface area is 96.2 Å². The Morgan fingerprint density at radius 1 is 1.65 bits per heavy atom. The first-order chi connectivity index (χ1) is 7.95. The fourth-order valence-electron chi connectivity index (χ4n) is 1.30. The van der Waals surface area contributed by atoms with Gasteiger partial charge in [-0.15, -0.1) is 0 Å². The lowest BCUT2D eigenvalue weighted by atomic mass is 10.2. The molecule has 0 saturated heterocycles.